The number of nitrogens with zero attached hydrogens (tertiary/aromatic N) is 1. The van der Waals surface area contributed by atoms with Crippen LogP contribution in [0.25, 0.3) is 0 Å². The van der Waals surface area contributed by atoms with Crippen molar-refractivity contribution in [3.05, 3.63) is 0 Å². The molecule has 0 aromatic rings. The highest BCUT2D eigenvalue weighted by atomic mass is 32.2. The van der Waals surface area contributed by atoms with E-state index < -0.39 is 6.09 Å². The largest absolute Gasteiger partial charge is 0.436 e. The van der Waals surface area contributed by atoms with Gasteiger partial charge in [-0.3, -0.25) is 4.79 Å². The van der Waals surface area contributed by atoms with Crippen molar-refractivity contribution in [2.45, 2.75) is 26.2 Å². The summed E-state index contributed by atoms with van der Waals surface area (Å²) in [6.45, 7) is 2.00. The third-order valence-electron chi connectivity index (χ3n) is 1.50. The lowest BCUT2D eigenvalue weighted by atomic mass is 10.2. The van der Waals surface area contributed by atoms with E-state index in [2.05, 4.69) is 4.74 Å². The highest BCUT2D eigenvalue weighted by Gasteiger charge is 2.28. The van der Waals surface area contributed by atoms with Gasteiger partial charge in [-0.15, -0.1) is 0 Å². The lowest BCUT2D eigenvalue weighted by Gasteiger charge is -2.07. The first-order valence-electron chi connectivity index (χ1n) is 3.88. The van der Waals surface area contributed by atoms with Crippen LogP contribution in [-0.2, 0) is 9.53 Å². The Labute approximate surface area is 75.4 Å². The van der Waals surface area contributed by atoms with Crippen LogP contribution in [0.15, 0.2) is 0 Å². The van der Waals surface area contributed by atoms with Crippen molar-refractivity contribution in [3.8, 4) is 0 Å². The van der Waals surface area contributed by atoms with Gasteiger partial charge in [0.2, 0.25) is 5.91 Å². The lowest BCUT2D eigenvalue weighted by Crippen LogP contribution is -2.25. The maximum Gasteiger partial charge on any atom is 0.427 e. The summed E-state index contributed by atoms with van der Waals surface area (Å²) in [5.41, 5.74) is 0. The van der Waals surface area contributed by atoms with Crippen LogP contribution in [0.5, 0.6) is 0 Å². The van der Waals surface area contributed by atoms with E-state index in [0.717, 1.165) is 29.1 Å². The van der Waals surface area contributed by atoms with Gasteiger partial charge in [-0.2, -0.15) is 4.31 Å². The fraction of sp³-hybridized carbons (Fsp3) is 0.714. The molecule has 68 valence electrons. The molecule has 1 aliphatic heterocycles. The zero-order valence-electron chi connectivity index (χ0n) is 6.91. The van der Waals surface area contributed by atoms with Crippen molar-refractivity contribution in [2.75, 3.05) is 5.94 Å². The summed E-state index contributed by atoms with van der Waals surface area (Å²) in [6.07, 6.45) is 1.68. The Morgan fingerprint density at radius 2 is 2.50 bits per heavy atom. The van der Waals surface area contributed by atoms with Crippen LogP contribution in [0.3, 0.4) is 0 Å². The minimum Gasteiger partial charge on any atom is -0.436 e. The van der Waals surface area contributed by atoms with Crippen LogP contribution in [0.4, 0.5) is 4.79 Å². The second-order valence-corrected chi connectivity index (χ2v) is 3.31. The number of hydrogen-bond acceptors (Lipinski definition) is 4. The second-order valence-electron chi connectivity index (χ2n) is 2.45. The molecular weight excluding hydrogens is 178 g/mol. The molecule has 0 N–H and O–H groups in total. The summed E-state index contributed by atoms with van der Waals surface area (Å²) >= 11 is 1.12. The summed E-state index contributed by atoms with van der Waals surface area (Å²) in [5.74, 6) is 0.112. The third kappa shape index (κ3) is 2.14. The number of imide groups is 1. The molecule has 0 aromatic carbocycles. The highest BCUT2D eigenvalue weighted by molar-refractivity contribution is 7.98. The van der Waals surface area contributed by atoms with E-state index >= 15 is 0 Å². The molecule has 1 aliphatic rings. The quantitative estimate of drug-likeness (QED) is 0.635. The Hall–Kier alpha value is -0.710. The van der Waals surface area contributed by atoms with Gasteiger partial charge in [-0.1, -0.05) is 13.3 Å². The molecule has 0 unspecified atom stereocenters. The molecule has 12 heavy (non-hydrogen) atoms. The molecule has 0 aliphatic carbocycles. The first-order valence-corrected chi connectivity index (χ1v) is 4.82. The number of unbranched alkanes of at least 4 members (excludes halogenated alkanes) is 1. The van der Waals surface area contributed by atoms with E-state index in [4.69, 9.17) is 0 Å². The maximum absolute atomic E-state index is 11.2. The van der Waals surface area contributed by atoms with Gasteiger partial charge in [-0.25, -0.2) is 4.79 Å². The number of rotatable bonds is 3. The topological polar surface area (TPSA) is 46.6 Å². The van der Waals surface area contributed by atoms with Gasteiger partial charge >= 0.3 is 6.09 Å². The van der Waals surface area contributed by atoms with Crippen LogP contribution >= 0.6 is 11.9 Å². The molecule has 0 bridgehead atoms. The standard InChI is InChI=1S/C7H11NO3S/c1-2-3-4-6(9)8-7(10)11-5-12-8/h2-5H2,1H3. The first-order chi connectivity index (χ1) is 5.75. The number of amides is 2. The van der Waals surface area contributed by atoms with Crippen molar-refractivity contribution in [1.82, 2.24) is 4.31 Å². The summed E-state index contributed by atoms with van der Waals surface area (Å²) in [7, 11) is 0. The van der Waals surface area contributed by atoms with Crippen LogP contribution in [0.2, 0.25) is 0 Å². The average Bonchev–Trinajstić information content (AvgIpc) is 2.47. The molecule has 0 saturated carbocycles. The molecule has 5 heteroatoms. The fourth-order valence-electron chi connectivity index (χ4n) is 0.844. The zero-order valence-corrected chi connectivity index (χ0v) is 7.73. The number of cyclic esters (lactones) is 1. The second kappa shape index (κ2) is 4.35. The van der Waals surface area contributed by atoms with E-state index in [-0.39, 0.29) is 11.8 Å². The smallest absolute Gasteiger partial charge is 0.427 e. The van der Waals surface area contributed by atoms with E-state index in [1.54, 1.807) is 0 Å². The molecule has 0 radical (unpaired) electrons. The summed E-state index contributed by atoms with van der Waals surface area (Å²) < 4.78 is 5.69. The van der Waals surface area contributed by atoms with Crippen LogP contribution in [-0.4, -0.2) is 22.2 Å². The summed E-state index contributed by atoms with van der Waals surface area (Å²) in [5, 5.41) is 0. The van der Waals surface area contributed by atoms with E-state index in [9.17, 15) is 9.59 Å². The highest BCUT2D eigenvalue weighted by Crippen LogP contribution is 2.21. The molecule has 1 heterocycles. The van der Waals surface area contributed by atoms with Crippen LogP contribution < -0.4 is 0 Å². The van der Waals surface area contributed by atoms with Crippen molar-refractivity contribution in [1.29, 1.82) is 0 Å². The Bertz CT molecular complexity index is 195. The molecule has 0 spiro atoms. The normalized spacial score (nSPS) is 16.4. The maximum atomic E-state index is 11.2. The molecule has 4 nitrogen and oxygen atoms in total. The number of carbonyl (C=O) groups is 2. The van der Waals surface area contributed by atoms with Gasteiger partial charge in [0.05, 0.1) is 0 Å². The Morgan fingerprint density at radius 1 is 1.75 bits per heavy atom. The van der Waals surface area contributed by atoms with Crippen LogP contribution in [0.1, 0.15) is 26.2 Å². The fourth-order valence-corrected chi connectivity index (χ4v) is 1.50. The molecule has 1 fully saturated rings. The molecule has 0 atom stereocenters. The van der Waals surface area contributed by atoms with Gasteiger partial charge in [0.25, 0.3) is 0 Å². The Morgan fingerprint density at radius 3 is 3.00 bits per heavy atom. The van der Waals surface area contributed by atoms with Gasteiger partial charge in [0, 0.05) is 18.4 Å². The van der Waals surface area contributed by atoms with Gasteiger partial charge in [-0.05, 0) is 6.42 Å². The predicted molar refractivity (Wildman–Crippen MR) is 45.3 cm³/mol. The summed E-state index contributed by atoms with van der Waals surface area (Å²) in [4.78, 5) is 22.1. The number of ether oxygens (including phenoxy) is 1. The number of carbonyl (C=O) groups excluding carboxylic acids is 2. The van der Waals surface area contributed by atoms with Crippen molar-refractivity contribution < 1.29 is 14.3 Å². The van der Waals surface area contributed by atoms with Gasteiger partial charge < -0.3 is 4.74 Å². The molecule has 2 amide bonds. The number of hydrogen-bond donors (Lipinski definition) is 0. The third-order valence-corrected chi connectivity index (χ3v) is 2.33. The Kier molecular flexibility index (Phi) is 3.40. The van der Waals surface area contributed by atoms with Crippen molar-refractivity contribution >= 4 is 23.9 Å². The van der Waals surface area contributed by atoms with E-state index in [1.807, 2.05) is 6.92 Å². The van der Waals surface area contributed by atoms with Crippen LogP contribution in [0, 0.1) is 0 Å². The molecule has 0 aromatic heterocycles. The lowest BCUT2D eigenvalue weighted by molar-refractivity contribution is -0.124. The summed E-state index contributed by atoms with van der Waals surface area (Å²) in [6, 6.07) is 0. The van der Waals surface area contributed by atoms with Gasteiger partial charge in [0.15, 0.2) is 5.94 Å². The Balaban J connectivity index is 2.36. The average molecular weight is 189 g/mol. The minimum atomic E-state index is -0.527. The minimum absolute atomic E-state index is 0.149. The molecule has 1 saturated heterocycles. The molecular formula is C7H11NO3S. The van der Waals surface area contributed by atoms with Crippen molar-refractivity contribution in [3.63, 3.8) is 0 Å². The van der Waals surface area contributed by atoms with E-state index in [0.29, 0.717) is 6.42 Å². The first kappa shape index (κ1) is 9.38. The van der Waals surface area contributed by atoms with Gasteiger partial charge in [0.1, 0.15) is 0 Å². The van der Waals surface area contributed by atoms with E-state index in [1.165, 1.54) is 0 Å². The molecule has 1 rings (SSSR count). The van der Waals surface area contributed by atoms with Crippen molar-refractivity contribution in [2.24, 2.45) is 0 Å². The zero-order chi connectivity index (χ0) is 8.97. The SMILES string of the molecule is CCCCC(=O)N1SCOC1=O. The monoisotopic (exact) mass is 189 g/mol. The predicted octanol–water partition coefficient (Wildman–Crippen LogP) is 1.76.